The zero-order chi connectivity index (χ0) is 13.3. The Morgan fingerprint density at radius 2 is 2.00 bits per heavy atom. The molecule has 1 heterocycles. The molecule has 0 spiro atoms. The highest BCUT2D eigenvalue weighted by atomic mass is 16.3. The van der Waals surface area contributed by atoms with Crippen LogP contribution < -0.4 is 0 Å². The number of benzene rings is 1. The van der Waals surface area contributed by atoms with Gasteiger partial charge in [0.1, 0.15) is 5.58 Å². The summed E-state index contributed by atoms with van der Waals surface area (Å²) in [6.45, 7) is 12.3. The molecule has 2 aromatic rings. The molecule has 2 rings (SSSR count). The van der Waals surface area contributed by atoms with Gasteiger partial charge in [0.15, 0.2) is 0 Å². The second-order valence-electron chi connectivity index (χ2n) is 5.34. The van der Waals surface area contributed by atoms with E-state index >= 15 is 0 Å². The van der Waals surface area contributed by atoms with Gasteiger partial charge in [0.05, 0.1) is 0 Å². The van der Waals surface area contributed by atoms with Gasteiger partial charge in [0.25, 0.3) is 0 Å². The summed E-state index contributed by atoms with van der Waals surface area (Å²) in [5.41, 5.74) is 3.12. The van der Waals surface area contributed by atoms with E-state index in [4.69, 9.17) is 4.42 Å². The molecule has 0 saturated heterocycles. The molecule has 0 radical (unpaired) electrons. The van der Waals surface area contributed by atoms with E-state index in [0.717, 1.165) is 16.5 Å². The van der Waals surface area contributed by atoms with Crippen LogP contribution in [0.4, 0.5) is 5.88 Å². The molecule has 0 N–H and O–H groups in total. The molecule has 1 aromatic heterocycles. The number of hydrogen-bond donors (Lipinski definition) is 0. The Labute approximate surface area is 108 Å². The lowest BCUT2D eigenvalue weighted by Crippen LogP contribution is -2.10. The van der Waals surface area contributed by atoms with Crippen LogP contribution in [0, 0.1) is 0 Å². The molecule has 0 aliphatic carbocycles. The molecule has 0 unspecified atom stereocenters. The average Bonchev–Trinajstić information content (AvgIpc) is 2.65. The summed E-state index contributed by atoms with van der Waals surface area (Å²) >= 11 is 0. The van der Waals surface area contributed by atoms with Crippen molar-refractivity contribution >= 4 is 29.1 Å². The molecule has 0 aliphatic rings. The van der Waals surface area contributed by atoms with E-state index in [1.54, 1.807) is 12.3 Å². The first kappa shape index (κ1) is 12.6. The highest BCUT2D eigenvalue weighted by Crippen LogP contribution is 2.38. The Hall–Kier alpha value is -1.83. The fraction of sp³-hybridized carbons (Fsp3) is 0.312. The number of para-hydroxylation sites is 1. The van der Waals surface area contributed by atoms with Gasteiger partial charge in [-0.3, -0.25) is 0 Å². The third-order valence-electron chi connectivity index (χ3n) is 2.99. The summed E-state index contributed by atoms with van der Waals surface area (Å²) < 4.78 is 5.92. The van der Waals surface area contributed by atoms with Crippen molar-refractivity contribution in [3.63, 3.8) is 0 Å². The fourth-order valence-corrected chi connectivity index (χ4v) is 2.13. The highest BCUT2D eigenvalue weighted by molar-refractivity contribution is 5.94. The predicted molar refractivity (Wildman–Crippen MR) is 78.8 cm³/mol. The maximum absolute atomic E-state index is 5.92. The summed E-state index contributed by atoms with van der Waals surface area (Å²) in [7, 11) is 0. The van der Waals surface area contributed by atoms with Gasteiger partial charge in [-0.05, 0) is 12.3 Å². The molecular formula is C16H19NO. The Morgan fingerprint density at radius 3 is 2.56 bits per heavy atom. The highest BCUT2D eigenvalue weighted by Gasteiger charge is 2.21. The van der Waals surface area contributed by atoms with Gasteiger partial charge in [-0.1, -0.05) is 51.6 Å². The van der Waals surface area contributed by atoms with Crippen molar-refractivity contribution in [2.45, 2.75) is 33.1 Å². The lowest BCUT2D eigenvalue weighted by Gasteiger charge is -2.18. The van der Waals surface area contributed by atoms with Gasteiger partial charge < -0.3 is 4.42 Å². The van der Waals surface area contributed by atoms with Gasteiger partial charge in [0, 0.05) is 22.7 Å². The summed E-state index contributed by atoms with van der Waals surface area (Å²) in [5.74, 6) is 0.638. The zero-order valence-electron chi connectivity index (χ0n) is 11.4. The van der Waals surface area contributed by atoms with E-state index in [2.05, 4.69) is 50.5 Å². The molecule has 0 saturated carbocycles. The molecular weight excluding hydrogens is 222 g/mol. The van der Waals surface area contributed by atoms with Crippen LogP contribution in [0.5, 0.6) is 0 Å². The van der Waals surface area contributed by atoms with Crippen molar-refractivity contribution in [3.05, 3.63) is 35.9 Å². The lowest BCUT2D eigenvalue weighted by atomic mass is 9.86. The summed E-state index contributed by atoms with van der Waals surface area (Å²) in [6.07, 6.45) is 3.54. The second kappa shape index (κ2) is 4.45. The van der Waals surface area contributed by atoms with Crippen LogP contribution in [0.3, 0.4) is 0 Å². The smallest absolute Gasteiger partial charge is 0.226 e. The minimum Gasteiger partial charge on any atom is -0.437 e. The van der Waals surface area contributed by atoms with Crippen LogP contribution in [0.15, 0.2) is 34.2 Å². The SMILES string of the molecule is C=Cc1c(N=CC)oc2c(C(C)(C)C)cccc12. The Kier molecular flexibility index (Phi) is 3.12. The van der Waals surface area contributed by atoms with Crippen LogP contribution in [0.1, 0.15) is 38.8 Å². The molecule has 0 aliphatic heterocycles. The first-order chi connectivity index (χ1) is 8.49. The van der Waals surface area contributed by atoms with E-state index in [1.807, 2.05) is 6.92 Å². The average molecular weight is 241 g/mol. The number of rotatable bonds is 2. The van der Waals surface area contributed by atoms with Crippen LogP contribution in [-0.2, 0) is 5.41 Å². The van der Waals surface area contributed by atoms with E-state index in [-0.39, 0.29) is 5.41 Å². The van der Waals surface area contributed by atoms with Crippen LogP contribution in [0.2, 0.25) is 0 Å². The third-order valence-corrected chi connectivity index (χ3v) is 2.99. The quantitative estimate of drug-likeness (QED) is 0.672. The Morgan fingerprint density at radius 1 is 1.28 bits per heavy atom. The molecule has 0 bridgehead atoms. The standard InChI is InChI=1S/C16H19NO/c1-6-11-12-9-8-10-13(16(3,4)5)14(12)18-15(11)17-7-2/h6-10H,1H2,2-5H3. The van der Waals surface area contributed by atoms with Crippen molar-refractivity contribution in [2.75, 3.05) is 0 Å². The third kappa shape index (κ3) is 1.99. The summed E-state index contributed by atoms with van der Waals surface area (Å²) in [5, 5.41) is 1.08. The monoisotopic (exact) mass is 241 g/mol. The minimum absolute atomic E-state index is 0.0446. The lowest BCUT2D eigenvalue weighted by molar-refractivity contribution is 0.563. The zero-order valence-corrected chi connectivity index (χ0v) is 11.4. The van der Waals surface area contributed by atoms with Crippen molar-refractivity contribution < 1.29 is 4.42 Å². The maximum atomic E-state index is 5.92. The fourth-order valence-electron chi connectivity index (χ4n) is 2.13. The van der Waals surface area contributed by atoms with Crippen molar-refractivity contribution in [1.29, 1.82) is 0 Å². The van der Waals surface area contributed by atoms with Crippen LogP contribution in [0.25, 0.3) is 17.0 Å². The largest absolute Gasteiger partial charge is 0.437 e. The van der Waals surface area contributed by atoms with Crippen LogP contribution in [-0.4, -0.2) is 6.21 Å². The molecule has 94 valence electrons. The number of furan rings is 1. The first-order valence-electron chi connectivity index (χ1n) is 6.16. The van der Waals surface area contributed by atoms with Gasteiger partial charge in [-0.2, -0.15) is 0 Å². The Balaban J connectivity index is 2.83. The second-order valence-corrected chi connectivity index (χ2v) is 5.34. The number of hydrogen-bond acceptors (Lipinski definition) is 2. The topological polar surface area (TPSA) is 25.5 Å². The first-order valence-corrected chi connectivity index (χ1v) is 6.16. The molecule has 0 atom stereocenters. The van der Waals surface area contributed by atoms with Crippen molar-refractivity contribution in [1.82, 2.24) is 0 Å². The number of nitrogens with zero attached hydrogens (tertiary/aromatic N) is 1. The van der Waals surface area contributed by atoms with Gasteiger partial charge >= 0.3 is 0 Å². The van der Waals surface area contributed by atoms with Crippen LogP contribution >= 0.6 is 0 Å². The van der Waals surface area contributed by atoms with Gasteiger partial charge in [0.2, 0.25) is 5.88 Å². The van der Waals surface area contributed by atoms with E-state index in [0.29, 0.717) is 5.88 Å². The maximum Gasteiger partial charge on any atom is 0.226 e. The summed E-state index contributed by atoms with van der Waals surface area (Å²) in [6, 6.07) is 6.22. The number of fused-ring (bicyclic) bond motifs is 1. The molecule has 1 aromatic carbocycles. The van der Waals surface area contributed by atoms with Gasteiger partial charge in [-0.15, -0.1) is 0 Å². The van der Waals surface area contributed by atoms with E-state index < -0.39 is 0 Å². The van der Waals surface area contributed by atoms with Gasteiger partial charge in [-0.25, -0.2) is 4.99 Å². The molecule has 2 nitrogen and oxygen atoms in total. The molecule has 0 fully saturated rings. The Bertz CT molecular complexity index is 612. The minimum atomic E-state index is 0.0446. The predicted octanol–water partition coefficient (Wildman–Crippen LogP) is 5.10. The molecule has 18 heavy (non-hydrogen) atoms. The molecule has 2 heteroatoms. The van der Waals surface area contributed by atoms with E-state index in [1.165, 1.54) is 5.56 Å². The summed E-state index contributed by atoms with van der Waals surface area (Å²) in [4.78, 5) is 4.27. The normalized spacial score (nSPS) is 12.4. The van der Waals surface area contributed by atoms with Crippen molar-refractivity contribution in [3.8, 4) is 0 Å². The van der Waals surface area contributed by atoms with E-state index in [9.17, 15) is 0 Å². The van der Waals surface area contributed by atoms with Crippen molar-refractivity contribution in [2.24, 2.45) is 4.99 Å². The molecule has 0 amide bonds. The number of aliphatic imine (C=N–C) groups is 1.